The maximum atomic E-state index is 13.2. The lowest BCUT2D eigenvalue weighted by molar-refractivity contribution is -0.112. The number of amides is 1. The number of ether oxygens (including phenoxy) is 1. The highest BCUT2D eigenvalue weighted by Crippen LogP contribution is 2.37. The van der Waals surface area contributed by atoms with Crippen LogP contribution in [0.15, 0.2) is 64.4 Å². The van der Waals surface area contributed by atoms with Crippen molar-refractivity contribution in [3.63, 3.8) is 0 Å². The minimum absolute atomic E-state index is 0.230. The van der Waals surface area contributed by atoms with E-state index < -0.39 is 0 Å². The van der Waals surface area contributed by atoms with Crippen LogP contribution in [0.4, 0.5) is 5.69 Å². The van der Waals surface area contributed by atoms with Crippen molar-refractivity contribution in [1.29, 1.82) is 0 Å². The van der Waals surface area contributed by atoms with Gasteiger partial charge < -0.3 is 9.64 Å². The van der Waals surface area contributed by atoms with Crippen molar-refractivity contribution < 1.29 is 9.53 Å². The number of hydrogen-bond donors (Lipinski definition) is 0. The zero-order valence-corrected chi connectivity index (χ0v) is 19.4. The van der Waals surface area contributed by atoms with Crippen molar-refractivity contribution in [2.24, 2.45) is 0 Å². The Morgan fingerprint density at radius 2 is 1.97 bits per heavy atom. The first-order chi connectivity index (χ1) is 15.5. The SMILES string of the molecule is C=CCN1C(=O)/C(=c2\sc3nc(-c4ccc(OCC)cc4)nn3c2=O)c2cc(Br)ccc21. The number of aromatic nitrogens is 3. The molecule has 160 valence electrons. The van der Waals surface area contributed by atoms with Crippen molar-refractivity contribution in [2.75, 3.05) is 18.1 Å². The van der Waals surface area contributed by atoms with Gasteiger partial charge in [0.1, 0.15) is 10.3 Å². The summed E-state index contributed by atoms with van der Waals surface area (Å²) in [4.78, 5) is 33.0. The van der Waals surface area contributed by atoms with Crippen LogP contribution in [0.5, 0.6) is 5.75 Å². The van der Waals surface area contributed by atoms with E-state index in [1.807, 2.05) is 49.4 Å². The lowest BCUT2D eigenvalue weighted by atomic mass is 10.1. The van der Waals surface area contributed by atoms with Crippen LogP contribution < -0.4 is 19.7 Å². The number of thiazole rings is 1. The molecule has 0 atom stereocenters. The van der Waals surface area contributed by atoms with Gasteiger partial charge >= 0.3 is 0 Å². The molecule has 1 aliphatic heterocycles. The Morgan fingerprint density at radius 1 is 1.19 bits per heavy atom. The van der Waals surface area contributed by atoms with Gasteiger partial charge in [-0.05, 0) is 49.4 Å². The zero-order chi connectivity index (χ0) is 22.4. The van der Waals surface area contributed by atoms with Gasteiger partial charge in [-0.3, -0.25) is 9.59 Å². The average molecular weight is 509 g/mol. The molecule has 5 rings (SSSR count). The fourth-order valence-corrected chi connectivity index (χ4v) is 5.07. The molecule has 0 fully saturated rings. The molecule has 0 radical (unpaired) electrons. The van der Waals surface area contributed by atoms with Crippen molar-refractivity contribution in [3.05, 3.63) is 80.0 Å². The molecule has 1 aliphatic rings. The molecular weight excluding hydrogens is 492 g/mol. The zero-order valence-electron chi connectivity index (χ0n) is 17.0. The summed E-state index contributed by atoms with van der Waals surface area (Å²) in [6.07, 6.45) is 1.66. The average Bonchev–Trinajstić information content (AvgIpc) is 3.41. The Kier molecular flexibility index (Phi) is 5.15. The van der Waals surface area contributed by atoms with Crippen LogP contribution in [-0.4, -0.2) is 33.7 Å². The van der Waals surface area contributed by atoms with Crippen molar-refractivity contribution in [1.82, 2.24) is 14.6 Å². The number of halogens is 1. The minimum Gasteiger partial charge on any atom is -0.494 e. The monoisotopic (exact) mass is 508 g/mol. The van der Waals surface area contributed by atoms with Crippen molar-refractivity contribution >= 4 is 49.4 Å². The van der Waals surface area contributed by atoms with E-state index in [4.69, 9.17) is 4.74 Å². The second-order valence-electron chi connectivity index (χ2n) is 7.06. The maximum absolute atomic E-state index is 13.2. The summed E-state index contributed by atoms with van der Waals surface area (Å²) in [6, 6.07) is 13.0. The lowest BCUT2D eigenvalue weighted by Gasteiger charge is -2.14. The molecule has 3 heterocycles. The van der Waals surface area contributed by atoms with E-state index in [9.17, 15) is 9.59 Å². The molecule has 0 aliphatic carbocycles. The van der Waals surface area contributed by atoms with Gasteiger partial charge in [0.2, 0.25) is 4.96 Å². The van der Waals surface area contributed by atoms with Gasteiger partial charge in [0, 0.05) is 22.1 Å². The third-order valence-electron chi connectivity index (χ3n) is 5.10. The number of rotatable bonds is 5. The van der Waals surface area contributed by atoms with E-state index in [1.165, 1.54) is 15.9 Å². The van der Waals surface area contributed by atoms with Gasteiger partial charge in [0.05, 0.1) is 17.9 Å². The fraction of sp³-hybridized carbons (Fsp3) is 0.130. The number of nitrogens with zero attached hydrogens (tertiary/aromatic N) is 4. The van der Waals surface area contributed by atoms with Gasteiger partial charge in [-0.25, -0.2) is 0 Å². The van der Waals surface area contributed by atoms with E-state index in [1.54, 1.807) is 11.0 Å². The summed E-state index contributed by atoms with van der Waals surface area (Å²) in [5.74, 6) is 0.975. The van der Waals surface area contributed by atoms with Crippen molar-refractivity contribution in [3.8, 4) is 17.1 Å². The Balaban J connectivity index is 1.65. The van der Waals surface area contributed by atoms with Crippen LogP contribution in [0.2, 0.25) is 0 Å². The van der Waals surface area contributed by atoms with Crippen LogP contribution in [0.25, 0.3) is 21.9 Å². The second-order valence-corrected chi connectivity index (χ2v) is 8.96. The summed E-state index contributed by atoms with van der Waals surface area (Å²) >= 11 is 4.63. The fourth-order valence-electron chi connectivity index (χ4n) is 3.71. The van der Waals surface area contributed by atoms with Gasteiger partial charge in [-0.2, -0.15) is 9.50 Å². The van der Waals surface area contributed by atoms with Crippen molar-refractivity contribution in [2.45, 2.75) is 6.92 Å². The first kappa shape index (κ1) is 20.6. The molecule has 0 unspecified atom stereocenters. The van der Waals surface area contributed by atoms with E-state index in [2.05, 4.69) is 32.6 Å². The van der Waals surface area contributed by atoms with Gasteiger partial charge in [0.15, 0.2) is 5.82 Å². The Bertz CT molecular complexity index is 1490. The van der Waals surface area contributed by atoms with Gasteiger partial charge in [-0.1, -0.05) is 33.3 Å². The summed E-state index contributed by atoms with van der Waals surface area (Å²) < 4.78 is 7.88. The normalized spacial score (nSPS) is 14.8. The number of fused-ring (bicyclic) bond motifs is 2. The molecule has 32 heavy (non-hydrogen) atoms. The predicted octanol–water partition coefficient (Wildman–Crippen LogP) is 3.43. The molecule has 7 nitrogen and oxygen atoms in total. The van der Waals surface area contributed by atoms with Crippen LogP contribution in [0.1, 0.15) is 12.5 Å². The summed E-state index contributed by atoms with van der Waals surface area (Å²) in [7, 11) is 0. The molecule has 0 saturated heterocycles. The summed E-state index contributed by atoms with van der Waals surface area (Å²) in [6.45, 7) is 6.61. The first-order valence-electron chi connectivity index (χ1n) is 9.91. The van der Waals surface area contributed by atoms with E-state index >= 15 is 0 Å². The van der Waals surface area contributed by atoms with Gasteiger partial charge in [0.25, 0.3) is 11.5 Å². The van der Waals surface area contributed by atoms with E-state index in [-0.39, 0.29) is 11.5 Å². The Morgan fingerprint density at radius 3 is 2.66 bits per heavy atom. The molecule has 4 aromatic rings. The van der Waals surface area contributed by atoms with E-state index in [0.29, 0.717) is 39.6 Å². The molecule has 0 bridgehead atoms. The molecule has 0 saturated carbocycles. The number of hydrogen-bond acceptors (Lipinski definition) is 6. The number of benzene rings is 2. The third kappa shape index (κ3) is 3.25. The summed E-state index contributed by atoms with van der Waals surface area (Å²) in [5.41, 5.74) is 2.25. The van der Waals surface area contributed by atoms with Crippen LogP contribution in [0, 0.1) is 0 Å². The first-order valence-corrected chi connectivity index (χ1v) is 11.5. The number of carbonyl (C=O) groups is 1. The molecule has 9 heteroatoms. The highest BCUT2D eigenvalue weighted by Gasteiger charge is 2.34. The highest BCUT2D eigenvalue weighted by atomic mass is 79.9. The molecule has 2 aromatic heterocycles. The second kappa shape index (κ2) is 7.99. The van der Waals surface area contributed by atoms with Gasteiger partial charge in [-0.15, -0.1) is 11.7 Å². The Hall–Kier alpha value is -3.30. The molecule has 0 spiro atoms. The topological polar surface area (TPSA) is 76.8 Å². The third-order valence-corrected chi connectivity index (χ3v) is 6.62. The summed E-state index contributed by atoms with van der Waals surface area (Å²) in [5, 5.41) is 4.40. The molecule has 2 aromatic carbocycles. The standard InChI is InChI=1S/C23H17BrN4O3S/c1-3-11-27-17-10-7-14(24)12-16(17)18(21(27)29)19-22(30)28-23(32-19)25-20(26-28)13-5-8-15(9-6-13)31-4-2/h3,5-10,12H,1,4,11H2,2H3/b19-18-. The smallest absolute Gasteiger partial charge is 0.291 e. The van der Waals surface area contributed by atoms with Crippen LogP contribution >= 0.6 is 27.3 Å². The lowest BCUT2D eigenvalue weighted by Crippen LogP contribution is -2.32. The van der Waals surface area contributed by atoms with Crippen LogP contribution in [-0.2, 0) is 4.79 Å². The molecule has 1 amide bonds. The number of anilines is 1. The molecular formula is C23H17BrN4O3S. The molecule has 0 N–H and O–H groups in total. The highest BCUT2D eigenvalue weighted by molar-refractivity contribution is 9.10. The maximum Gasteiger partial charge on any atom is 0.291 e. The Labute approximate surface area is 195 Å². The van der Waals surface area contributed by atoms with Crippen LogP contribution in [0.3, 0.4) is 0 Å². The number of carbonyl (C=O) groups excluding carboxylic acids is 1. The quantitative estimate of drug-likeness (QED) is 0.386. The van der Waals surface area contributed by atoms with E-state index in [0.717, 1.165) is 21.5 Å². The minimum atomic E-state index is -0.357. The predicted molar refractivity (Wildman–Crippen MR) is 128 cm³/mol. The largest absolute Gasteiger partial charge is 0.494 e.